The highest BCUT2D eigenvalue weighted by Crippen LogP contribution is 2.35. The predicted molar refractivity (Wildman–Crippen MR) is 85.9 cm³/mol. The molecule has 5 heteroatoms. The van der Waals surface area contributed by atoms with Gasteiger partial charge in [0, 0.05) is 12.3 Å². The minimum Gasteiger partial charge on any atom is -0.481 e. The minimum absolute atomic E-state index is 0.196. The lowest BCUT2D eigenvalue weighted by Crippen LogP contribution is -2.50. The predicted octanol–water partition coefficient (Wildman–Crippen LogP) is 1.27. The first-order valence-electron chi connectivity index (χ1n) is 7.89. The van der Waals surface area contributed by atoms with Crippen LogP contribution in [0.4, 0.5) is 0 Å². The topological polar surface area (TPSA) is 79.2 Å². The van der Waals surface area contributed by atoms with E-state index in [1.54, 1.807) is 31.2 Å². The Hall–Kier alpha value is -1.58. The van der Waals surface area contributed by atoms with E-state index < -0.39 is 24.4 Å². The van der Waals surface area contributed by atoms with E-state index in [1.165, 1.54) is 0 Å². The van der Waals surface area contributed by atoms with Gasteiger partial charge in [0.2, 0.25) is 0 Å². The summed E-state index contributed by atoms with van der Waals surface area (Å²) in [4.78, 5) is 0. The molecule has 23 heavy (non-hydrogen) atoms. The van der Waals surface area contributed by atoms with E-state index in [-0.39, 0.29) is 12.5 Å². The van der Waals surface area contributed by atoms with E-state index in [0.29, 0.717) is 12.4 Å². The second kappa shape index (κ2) is 8.32. The molecule has 0 radical (unpaired) electrons. The van der Waals surface area contributed by atoms with Gasteiger partial charge in [0.25, 0.3) is 0 Å². The van der Waals surface area contributed by atoms with Crippen molar-refractivity contribution in [1.82, 2.24) is 0 Å². The second-order valence-electron chi connectivity index (χ2n) is 5.68. The number of rotatable bonds is 4. The number of ether oxygens (including phenoxy) is 2. The zero-order chi connectivity index (χ0) is 16.8. The zero-order valence-corrected chi connectivity index (χ0v) is 13.5. The van der Waals surface area contributed by atoms with Crippen molar-refractivity contribution >= 4 is 0 Å². The quantitative estimate of drug-likeness (QED) is 0.728. The van der Waals surface area contributed by atoms with Crippen molar-refractivity contribution in [1.29, 1.82) is 0 Å². The maximum absolute atomic E-state index is 10.2. The van der Waals surface area contributed by atoms with E-state index in [9.17, 15) is 15.3 Å². The van der Waals surface area contributed by atoms with Crippen molar-refractivity contribution in [2.24, 2.45) is 5.92 Å². The Kier molecular flexibility index (Phi) is 6.43. The lowest BCUT2D eigenvalue weighted by Gasteiger charge is -2.41. The Labute approximate surface area is 136 Å². The summed E-state index contributed by atoms with van der Waals surface area (Å²) in [7, 11) is 0. The molecule has 1 heterocycles. The summed E-state index contributed by atoms with van der Waals surface area (Å²) >= 11 is 0. The van der Waals surface area contributed by atoms with Gasteiger partial charge in [-0.3, -0.25) is 0 Å². The van der Waals surface area contributed by atoms with Crippen LogP contribution in [-0.4, -0.2) is 46.8 Å². The van der Waals surface area contributed by atoms with Crippen LogP contribution in [0.5, 0.6) is 5.75 Å². The van der Waals surface area contributed by atoms with Crippen molar-refractivity contribution in [2.45, 2.75) is 44.7 Å². The highest BCUT2D eigenvalue weighted by molar-refractivity contribution is 5.30. The van der Waals surface area contributed by atoms with E-state index >= 15 is 0 Å². The fraction of sp³-hybridized carbons (Fsp3) is 0.556. The van der Waals surface area contributed by atoms with Crippen LogP contribution in [0.25, 0.3) is 0 Å². The second-order valence-corrected chi connectivity index (χ2v) is 5.68. The number of aliphatic hydroxyl groups excluding tert-OH is 3. The third-order valence-electron chi connectivity index (χ3n) is 4.11. The molecular weight excluding hydrogens is 296 g/mol. The standard InChI is InChI=1S/C18H24O5/c1-3-4-5-10-22-14-8-6-13(7-9-14)18-17(21)16(20)12(2)15(11-19)23-18/h6-9,12,15-21H,3,10-11H2,1-2H3. The number of hydrogen-bond donors (Lipinski definition) is 3. The fourth-order valence-electron chi connectivity index (χ4n) is 2.64. The highest BCUT2D eigenvalue weighted by Gasteiger charge is 2.42. The number of hydrogen-bond acceptors (Lipinski definition) is 5. The van der Waals surface area contributed by atoms with E-state index in [4.69, 9.17) is 9.47 Å². The molecule has 0 aromatic heterocycles. The summed E-state index contributed by atoms with van der Waals surface area (Å²) in [6, 6.07) is 7.12. The average molecular weight is 320 g/mol. The van der Waals surface area contributed by atoms with Gasteiger partial charge in [-0.15, -0.1) is 5.92 Å². The lowest BCUT2D eigenvalue weighted by molar-refractivity contribution is -0.207. The van der Waals surface area contributed by atoms with Gasteiger partial charge in [0.15, 0.2) is 0 Å². The van der Waals surface area contributed by atoms with Crippen LogP contribution in [0.1, 0.15) is 31.9 Å². The molecule has 126 valence electrons. The lowest BCUT2D eigenvalue weighted by atomic mass is 9.86. The Balaban J connectivity index is 2.05. The smallest absolute Gasteiger partial charge is 0.149 e. The first-order valence-corrected chi connectivity index (χ1v) is 7.89. The highest BCUT2D eigenvalue weighted by atomic mass is 16.5. The maximum Gasteiger partial charge on any atom is 0.149 e. The summed E-state index contributed by atoms with van der Waals surface area (Å²) in [5.74, 6) is 6.17. The molecule has 1 aromatic carbocycles. The summed E-state index contributed by atoms with van der Waals surface area (Å²) < 4.78 is 11.2. The van der Waals surface area contributed by atoms with Gasteiger partial charge in [-0.25, -0.2) is 0 Å². The third-order valence-corrected chi connectivity index (χ3v) is 4.11. The van der Waals surface area contributed by atoms with Crippen LogP contribution < -0.4 is 4.74 Å². The van der Waals surface area contributed by atoms with E-state index in [1.807, 2.05) is 6.92 Å². The molecule has 5 unspecified atom stereocenters. The third kappa shape index (κ3) is 4.24. The van der Waals surface area contributed by atoms with Gasteiger partial charge < -0.3 is 24.8 Å². The molecule has 3 N–H and O–H groups in total. The van der Waals surface area contributed by atoms with Crippen LogP contribution >= 0.6 is 0 Å². The minimum atomic E-state index is -1.03. The Morgan fingerprint density at radius 2 is 1.83 bits per heavy atom. The molecule has 1 aromatic rings. The molecule has 1 aliphatic heterocycles. The number of aliphatic hydroxyl groups is 3. The first-order chi connectivity index (χ1) is 11.1. The molecule has 1 fully saturated rings. The van der Waals surface area contributed by atoms with Gasteiger partial charge in [0.1, 0.15) is 24.6 Å². The molecule has 1 aliphatic rings. The molecule has 2 rings (SSSR count). The van der Waals surface area contributed by atoms with Gasteiger partial charge in [0.05, 0.1) is 18.8 Å². The zero-order valence-electron chi connectivity index (χ0n) is 13.5. The SMILES string of the molecule is CCC#CCOc1ccc(C2OC(CO)C(C)C(O)C2O)cc1. The molecule has 5 nitrogen and oxygen atoms in total. The van der Waals surface area contributed by atoms with Crippen LogP contribution in [0.15, 0.2) is 24.3 Å². The van der Waals surface area contributed by atoms with Gasteiger partial charge in [-0.2, -0.15) is 0 Å². The molecule has 1 saturated heterocycles. The summed E-state index contributed by atoms with van der Waals surface area (Å²) in [6.07, 6.45) is -2.35. The normalized spacial score (nSPS) is 30.4. The first kappa shape index (κ1) is 17.8. The van der Waals surface area contributed by atoms with Crippen LogP contribution in [0, 0.1) is 17.8 Å². The molecule has 0 aliphatic carbocycles. The molecule has 0 bridgehead atoms. The van der Waals surface area contributed by atoms with Crippen molar-refractivity contribution in [3.05, 3.63) is 29.8 Å². The monoisotopic (exact) mass is 320 g/mol. The average Bonchev–Trinajstić information content (AvgIpc) is 2.58. The van der Waals surface area contributed by atoms with Gasteiger partial charge >= 0.3 is 0 Å². The van der Waals surface area contributed by atoms with Crippen LogP contribution in [-0.2, 0) is 4.74 Å². The molecular formula is C18H24O5. The van der Waals surface area contributed by atoms with E-state index in [2.05, 4.69) is 11.8 Å². The summed E-state index contributed by atoms with van der Waals surface area (Å²) in [5.41, 5.74) is 0.730. The number of benzene rings is 1. The molecule has 0 spiro atoms. The Morgan fingerprint density at radius 3 is 2.43 bits per heavy atom. The van der Waals surface area contributed by atoms with Gasteiger partial charge in [-0.1, -0.05) is 31.9 Å². The maximum atomic E-state index is 10.2. The Bertz CT molecular complexity index is 543. The van der Waals surface area contributed by atoms with Gasteiger partial charge in [-0.05, 0) is 17.7 Å². The van der Waals surface area contributed by atoms with Crippen LogP contribution in [0.3, 0.4) is 0 Å². The Morgan fingerprint density at radius 1 is 1.13 bits per heavy atom. The van der Waals surface area contributed by atoms with Crippen molar-refractivity contribution in [2.75, 3.05) is 13.2 Å². The summed E-state index contributed by atoms with van der Waals surface area (Å²) in [5, 5.41) is 29.7. The van der Waals surface area contributed by atoms with E-state index in [0.717, 1.165) is 12.0 Å². The largest absolute Gasteiger partial charge is 0.481 e. The fourth-order valence-corrected chi connectivity index (χ4v) is 2.64. The van der Waals surface area contributed by atoms with Crippen molar-refractivity contribution in [3.8, 4) is 17.6 Å². The molecule has 5 atom stereocenters. The molecule has 0 saturated carbocycles. The van der Waals surface area contributed by atoms with Crippen molar-refractivity contribution in [3.63, 3.8) is 0 Å². The molecule has 0 amide bonds. The summed E-state index contributed by atoms with van der Waals surface area (Å²) in [6.45, 7) is 3.86. The van der Waals surface area contributed by atoms with Crippen molar-refractivity contribution < 1.29 is 24.8 Å². The van der Waals surface area contributed by atoms with Crippen LogP contribution in [0.2, 0.25) is 0 Å².